The molecule has 0 aromatic carbocycles. The van der Waals surface area contributed by atoms with Gasteiger partial charge in [-0.1, -0.05) is 12.8 Å². The van der Waals surface area contributed by atoms with Crippen LogP contribution in [0.5, 0.6) is 0 Å². The highest BCUT2D eigenvalue weighted by Crippen LogP contribution is 2.26. The van der Waals surface area contributed by atoms with Crippen LogP contribution in [0.15, 0.2) is 4.99 Å². The molecule has 1 saturated carbocycles. The molecule has 1 saturated heterocycles. The topological polar surface area (TPSA) is 58.1 Å². The molecule has 1 unspecified atom stereocenters. The molecule has 0 amide bonds. The second kappa shape index (κ2) is 10.8. The minimum absolute atomic E-state index is 0.528. The second-order valence-corrected chi connectivity index (χ2v) is 6.52. The summed E-state index contributed by atoms with van der Waals surface area (Å²) in [5.74, 6) is 0.917. The summed E-state index contributed by atoms with van der Waals surface area (Å²) in [5.41, 5.74) is 0. The summed E-state index contributed by atoms with van der Waals surface area (Å²) >= 11 is 0. The van der Waals surface area contributed by atoms with Gasteiger partial charge in [-0.05, 0) is 25.7 Å². The van der Waals surface area contributed by atoms with Crippen molar-refractivity contribution in [3.05, 3.63) is 0 Å². The molecule has 2 rings (SSSR count). The molecule has 1 aliphatic carbocycles. The van der Waals surface area contributed by atoms with E-state index in [1.807, 2.05) is 7.05 Å². The predicted octanol–water partition coefficient (Wildman–Crippen LogP) is 1.22. The van der Waals surface area contributed by atoms with E-state index in [2.05, 4.69) is 20.5 Å². The third-order valence-electron chi connectivity index (χ3n) is 4.81. The monoisotopic (exact) mass is 326 g/mol. The van der Waals surface area contributed by atoms with E-state index < -0.39 is 0 Å². The lowest BCUT2D eigenvalue weighted by molar-refractivity contribution is 0.0698. The van der Waals surface area contributed by atoms with Crippen LogP contribution in [0.3, 0.4) is 0 Å². The normalized spacial score (nSPS) is 23.6. The Kier molecular flexibility index (Phi) is 8.71. The van der Waals surface area contributed by atoms with E-state index in [9.17, 15) is 0 Å². The zero-order valence-corrected chi connectivity index (χ0v) is 14.9. The highest BCUT2D eigenvalue weighted by atomic mass is 16.5. The quantitative estimate of drug-likeness (QED) is 0.379. The highest BCUT2D eigenvalue weighted by molar-refractivity contribution is 5.79. The van der Waals surface area contributed by atoms with Crippen molar-refractivity contribution in [1.29, 1.82) is 0 Å². The van der Waals surface area contributed by atoms with E-state index in [-0.39, 0.29) is 0 Å². The molecule has 2 aliphatic rings. The fourth-order valence-electron chi connectivity index (χ4n) is 3.52. The van der Waals surface area contributed by atoms with Crippen LogP contribution in [0.2, 0.25) is 0 Å². The van der Waals surface area contributed by atoms with E-state index >= 15 is 0 Å². The third kappa shape index (κ3) is 6.65. The lowest BCUT2D eigenvalue weighted by Crippen LogP contribution is -2.45. The summed E-state index contributed by atoms with van der Waals surface area (Å²) < 4.78 is 10.4. The van der Waals surface area contributed by atoms with Crippen LogP contribution in [-0.4, -0.2) is 76.6 Å². The van der Waals surface area contributed by atoms with Crippen molar-refractivity contribution in [3.8, 4) is 0 Å². The molecule has 1 aliphatic heterocycles. The Bertz CT molecular complexity index is 345. The van der Waals surface area contributed by atoms with Gasteiger partial charge in [0.1, 0.15) is 0 Å². The Morgan fingerprint density at radius 3 is 2.74 bits per heavy atom. The van der Waals surface area contributed by atoms with Crippen LogP contribution in [-0.2, 0) is 9.47 Å². The first-order chi connectivity index (χ1) is 11.3. The molecule has 1 heterocycles. The summed E-state index contributed by atoms with van der Waals surface area (Å²) in [7, 11) is 3.53. The van der Waals surface area contributed by atoms with Crippen molar-refractivity contribution in [2.24, 2.45) is 4.99 Å². The van der Waals surface area contributed by atoms with Crippen LogP contribution >= 0.6 is 0 Å². The Morgan fingerprint density at radius 1 is 1.17 bits per heavy atom. The first-order valence-corrected chi connectivity index (χ1v) is 9.11. The number of hydrogen-bond donors (Lipinski definition) is 2. The molecule has 134 valence electrons. The summed E-state index contributed by atoms with van der Waals surface area (Å²) in [5, 5.41) is 6.95. The van der Waals surface area contributed by atoms with Gasteiger partial charge in [-0.25, -0.2) is 0 Å². The molecule has 1 atom stereocenters. The molecule has 0 aromatic rings. The average Bonchev–Trinajstić information content (AvgIpc) is 3.24. The van der Waals surface area contributed by atoms with Gasteiger partial charge in [0.25, 0.3) is 0 Å². The number of ether oxygens (including phenoxy) is 2. The van der Waals surface area contributed by atoms with Crippen molar-refractivity contribution >= 4 is 5.96 Å². The van der Waals surface area contributed by atoms with Gasteiger partial charge >= 0.3 is 0 Å². The van der Waals surface area contributed by atoms with Gasteiger partial charge in [-0.2, -0.15) is 0 Å². The van der Waals surface area contributed by atoms with Crippen LogP contribution < -0.4 is 10.6 Å². The summed E-state index contributed by atoms with van der Waals surface area (Å²) in [6, 6.07) is 1.36. The van der Waals surface area contributed by atoms with E-state index in [0.29, 0.717) is 19.3 Å². The summed E-state index contributed by atoms with van der Waals surface area (Å²) in [6.45, 7) is 5.36. The van der Waals surface area contributed by atoms with Crippen molar-refractivity contribution in [1.82, 2.24) is 15.5 Å². The number of likely N-dealkylation sites (tertiary alicyclic amines) is 1. The SMILES string of the molecule is CN=C(NCCCOCCOC)NC1CCN(C2CCCC2)C1. The number of nitrogens with one attached hydrogen (secondary N) is 2. The molecule has 0 aromatic heterocycles. The number of aliphatic imine (C=N–C) groups is 1. The van der Waals surface area contributed by atoms with E-state index in [1.54, 1.807) is 7.11 Å². The average molecular weight is 326 g/mol. The van der Waals surface area contributed by atoms with Gasteiger partial charge in [0.2, 0.25) is 0 Å². The molecule has 6 heteroatoms. The molecule has 0 spiro atoms. The smallest absolute Gasteiger partial charge is 0.191 e. The first kappa shape index (κ1) is 18.5. The lowest BCUT2D eigenvalue weighted by atomic mass is 10.2. The molecule has 0 bridgehead atoms. The molecule has 2 N–H and O–H groups in total. The van der Waals surface area contributed by atoms with Gasteiger partial charge in [0.05, 0.1) is 13.2 Å². The minimum Gasteiger partial charge on any atom is -0.382 e. The van der Waals surface area contributed by atoms with Crippen LogP contribution in [0.1, 0.15) is 38.5 Å². The molecule has 23 heavy (non-hydrogen) atoms. The Morgan fingerprint density at radius 2 is 2.00 bits per heavy atom. The number of rotatable bonds is 9. The van der Waals surface area contributed by atoms with E-state index in [4.69, 9.17) is 9.47 Å². The van der Waals surface area contributed by atoms with Crippen molar-refractivity contribution in [2.45, 2.75) is 50.6 Å². The standard InChI is InChI=1S/C17H34N4O2/c1-18-17(19-9-5-11-23-13-12-22-2)20-15-8-10-21(14-15)16-6-3-4-7-16/h15-16H,3-14H2,1-2H3,(H2,18,19,20). The molecular formula is C17H34N4O2. The number of nitrogens with zero attached hydrogens (tertiary/aromatic N) is 2. The molecular weight excluding hydrogens is 292 g/mol. The van der Waals surface area contributed by atoms with Gasteiger partial charge in [-0.15, -0.1) is 0 Å². The van der Waals surface area contributed by atoms with Crippen molar-refractivity contribution in [3.63, 3.8) is 0 Å². The summed E-state index contributed by atoms with van der Waals surface area (Å²) in [6.07, 6.45) is 7.80. The lowest BCUT2D eigenvalue weighted by Gasteiger charge is -2.24. The van der Waals surface area contributed by atoms with Gasteiger partial charge in [-0.3, -0.25) is 9.89 Å². The number of hydrogen-bond acceptors (Lipinski definition) is 4. The largest absolute Gasteiger partial charge is 0.382 e. The van der Waals surface area contributed by atoms with Gasteiger partial charge < -0.3 is 20.1 Å². The zero-order chi connectivity index (χ0) is 16.3. The Balaban J connectivity index is 1.56. The van der Waals surface area contributed by atoms with Gasteiger partial charge in [0.15, 0.2) is 5.96 Å². The van der Waals surface area contributed by atoms with Crippen LogP contribution in [0.25, 0.3) is 0 Å². The maximum atomic E-state index is 5.46. The van der Waals surface area contributed by atoms with Gasteiger partial charge in [0, 0.05) is 52.5 Å². The van der Waals surface area contributed by atoms with Crippen molar-refractivity contribution < 1.29 is 9.47 Å². The molecule has 0 radical (unpaired) electrons. The second-order valence-electron chi connectivity index (χ2n) is 6.52. The predicted molar refractivity (Wildman–Crippen MR) is 94.0 cm³/mol. The molecule has 6 nitrogen and oxygen atoms in total. The first-order valence-electron chi connectivity index (χ1n) is 9.11. The third-order valence-corrected chi connectivity index (χ3v) is 4.81. The van der Waals surface area contributed by atoms with Crippen LogP contribution in [0.4, 0.5) is 0 Å². The fraction of sp³-hybridized carbons (Fsp3) is 0.941. The zero-order valence-electron chi connectivity index (χ0n) is 14.9. The number of methoxy groups -OCH3 is 1. The maximum absolute atomic E-state index is 5.46. The maximum Gasteiger partial charge on any atom is 0.191 e. The number of guanidine groups is 1. The molecule has 2 fully saturated rings. The minimum atomic E-state index is 0.528. The highest BCUT2D eigenvalue weighted by Gasteiger charge is 2.30. The fourth-order valence-corrected chi connectivity index (χ4v) is 3.52. The Labute approximate surface area is 141 Å². The van der Waals surface area contributed by atoms with Crippen molar-refractivity contribution in [2.75, 3.05) is 53.6 Å². The van der Waals surface area contributed by atoms with E-state index in [1.165, 1.54) is 38.6 Å². The van der Waals surface area contributed by atoms with E-state index in [0.717, 1.165) is 38.1 Å². The summed E-state index contributed by atoms with van der Waals surface area (Å²) in [4.78, 5) is 7.00. The Hall–Kier alpha value is -0.850. The van der Waals surface area contributed by atoms with Crippen LogP contribution in [0, 0.1) is 0 Å².